The highest BCUT2D eigenvalue weighted by Gasteiger charge is 2.28. The molecule has 154 valence electrons. The molecule has 1 unspecified atom stereocenters. The van der Waals surface area contributed by atoms with Crippen molar-refractivity contribution in [2.24, 2.45) is 11.7 Å². The molecule has 1 fully saturated rings. The number of halogens is 1. The Morgan fingerprint density at radius 2 is 1.85 bits per heavy atom. The van der Waals surface area contributed by atoms with Gasteiger partial charge in [0.15, 0.2) is 0 Å². The highest BCUT2D eigenvalue weighted by molar-refractivity contribution is 7.89. The molecule has 1 aromatic rings. The minimum absolute atomic E-state index is 0. The lowest BCUT2D eigenvalue weighted by molar-refractivity contribution is 0.0933. The predicted octanol–water partition coefficient (Wildman–Crippen LogP) is 2.69. The maximum Gasteiger partial charge on any atom is 0.251 e. The Morgan fingerprint density at radius 1 is 1.22 bits per heavy atom. The highest BCUT2D eigenvalue weighted by atomic mass is 35.5. The van der Waals surface area contributed by atoms with Crippen LogP contribution >= 0.6 is 12.4 Å². The zero-order valence-corrected chi connectivity index (χ0v) is 18.0. The number of piperidine rings is 1. The van der Waals surface area contributed by atoms with Crippen LogP contribution in [0.3, 0.4) is 0 Å². The first-order valence-corrected chi connectivity index (χ1v) is 10.8. The minimum atomic E-state index is -3.57. The summed E-state index contributed by atoms with van der Waals surface area (Å²) in [4.78, 5) is 12.8. The zero-order chi connectivity index (χ0) is 19.3. The summed E-state index contributed by atoms with van der Waals surface area (Å²) in [7, 11) is -3.57. The normalized spacial score (nSPS) is 16.6. The summed E-state index contributed by atoms with van der Waals surface area (Å²) in [5.74, 6) is 0.133. The van der Waals surface area contributed by atoms with Gasteiger partial charge in [0, 0.05) is 31.2 Å². The molecule has 0 aliphatic carbocycles. The Hall–Kier alpha value is -1.15. The van der Waals surface area contributed by atoms with Crippen LogP contribution in [0.4, 0.5) is 0 Å². The molecule has 1 aromatic carbocycles. The van der Waals surface area contributed by atoms with Gasteiger partial charge in [-0.05, 0) is 49.8 Å². The van der Waals surface area contributed by atoms with Gasteiger partial charge in [-0.25, -0.2) is 8.42 Å². The first kappa shape index (κ1) is 23.9. The standard InChI is InChI=1S/C19H31N3O3S.ClH/c1-14(2)11-17(13-20)21-19(23)16-8-7-15(3)18(12-16)26(24,25)22-9-5-4-6-10-22;/h7-8,12,14,17H,4-6,9-11,13,20H2,1-3H3,(H,21,23);1H. The fourth-order valence-electron chi connectivity index (χ4n) is 3.32. The molecule has 3 N–H and O–H groups in total. The van der Waals surface area contributed by atoms with E-state index in [0.29, 0.717) is 36.7 Å². The molecule has 0 saturated carbocycles. The summed E-state index contributed by atoms with van der Waals surface area (Å²) in [6.45, 7) is 7.35. The predicted molar refractivity (Wildman–Crippen MR) is 111 cm³/mol. The van der Waals surface area contributed by atoms with E-state index in [1.165, 1.54) is 10.4 Å². The van der Waals surface area contributed by atoms with Gasteiger partial charge in [-0.15, -0.1) is 12.4 Å². The maximum atomic E-state index is 13.0. The summed E-state index contributed by atoms with van der Waals surface area (Å²) >= 11 is 0. The summed E-state index contributed by atoms with van der Waals surface area (Å²) in [6, 6.07) is 4.75. The number of nitrogens with zero attached hydrogens (tertiary/aromatic N) is 1. The summed E-state index contributed by atoms with van der Waals surface area (Å²) in [6.07, 6.45) is 3.61. The van der Waals surface area contributed by atoms with Crippen LogP contribution in [0.15, 0.2) is 23.1 Å². The van der Waals surface area contributed by atoms with E-state index in [4.69, 9.17) is 5.73 Å². The van der Waals surface area contributed by atoms with Gasteiger partial charge in [-0.2, -0.15) is 4.31 Å². The number of carbonyl (C=O) groups is 1. The van der Waals surface area contributed by atoms with Crippen molar-refractivity contribution in [3.05, 3.63) is 29.3 Å². The van der Waals surface area contributed by atoms with Crippen LogP contribution in [0.5, 0.6) is 0 Å². The monoisotopic (exact) mass is 417 g/mol. The SMILES string of the molecule is Cc1ccc(C(=O)NC(CN)CC(C)C)cc1S(=O)(=O)N1CCCCC1.Cl. The number of sulfonamides is 1. The molecule has 0 spiro atoms. The number of nitrogens with one attached hydrogen (secondary N) is 1. The number of hydrogen-bond acceptors (Lipinski definition) is 4. The van der Waals surface area contributed by atoms with E-state index in [1.807, 2.05) is 0 Å². The molecule has 2 rings (SSSR count). The molecule has 0 bridgehead atoms. The number of nitrogens with two attached hydrogens (primary N) is 1. The van der Waals surface area contributed by atoms with Gasteiger partial charge in [0.2, 0.25) is 10.0 Å². The molecule has 1 atom stereocenters. The van der Waals surface area contributed by atoms with Crippen LogP contribution in [-0.2, 0) is 10.0 Å². The van der Waals surface area contributed by atoms with E-state index in [0.717, 1.165) is 25.7 Å². The number of amides is 1. The highest BCUT2D eigenvalue weighted by Crippen LogP contribution is 2.24. The van der Waals surface area contributed by atoms with Crippen LogP contribution in [0.1, 0.15) is 55.5 Å². The van der Waals surface area contributed by atoms with Crippen LogP contribution in [-0.4, -0.2) is 44.3 Å². The topological polar surface area (TPSA) is 92.5 Å². The van der Waals surface area contributed by atoms with Gasteiger partial charge in [0.25, 0.3) is 5.91 Å². The maximum absolute atomic E-state index is 13.0. The van der Waals surface area contributed by atoms with Crippen molar-refractivity contribution in [1.29, 1.82) is 0 Å². The van der Waals surface area contributed by atoms with Crippen molar-refractivity contribution in [3.63, 3.8) is 0 Å². The van der Waals surface area contributed by atoms with E-state index in [-0.39, 0.29) is 29.3 Å². The molecule has 1 aliphatic heterocycles. The van der Waals surface area contributed by atoms with Gasteiger partial charge in [0.1, 0.15) is 0 Å². The number of rotatable bonds is 7. The molecule has 1 saturated heterocycles. The quantitative estimate of drug-likeness (QED) is 0.713. The Bertz CT molecular complexity index is 732. The third-order valence-electron chi connectivity index (χ3n) is 4.76. The lowest BCUT2D eigenvalue weighted by Crippen LogP contribution is -2.41. The molecule has 1 amide bonds. The first-order valence-electron chi connectivity index (χ1n) is 9.37. The van der Waals surface area contributed by atoms with Gasteiger partial charge >= 0.3 is 0 Å². The largest absolute Gasteiger partial charge is 0.348 e. The Labute approximate surface area is 169 Å². The van der Waals surface area contributed by atoms with Crippen LogP contribution in [0.2, 0.25) is 0 Å². The molecular weight excluding hydrogens is 386 g/mol. The lowest BCUT2D eigenvalue weighted by atomic mass is 10.0. The summed E-state index contributed by atoms with van der Waals surface area (Å²) in [5, 5.41) is 2.92. The van der Waals surface area contributed by atoms with Crippen molar-refractivity contribution in [3.8, 4) is 0 Å². The lowest BCUT2D eigenvalue weighted by Gasteiger charge is -2.26. The number of carbonyl (C=O) groups excluding carboxylic acids is 1. The third-order valence-corrected chi connectivity index (χ3v) is 6.80. The second-order valence-electron chi connectivity index (χ2n) is 7.48. The number of benzene rings is 1. The molecule has 1 heterocycles. The van der Waals surface area contributed by atoms with Crippen LogP contribution in [0, 0.1) is 12.8 Å². The van der Waals surface area contributed by atoms with Crippen LogP contribution < -0.4 is 11.1 Å². The Morgan fingerprint density at radius 3 is 2.41 bits per heavy atom. The van der Waals surface area contributed by atoms with Crippen molar-refractivity contribution in [1.82, 2.24) is 9.62 Å². The third kappa shape index (κ3) is 6.17. The average molecular weight is 418 g/mol. The van der Waals surface area contributed by atoms with Crippen molar-refractivity contribution >= 4 is 28.3 Å². The smallest absolute Gasteiger partial charge is 0.251 e. The van der Waals surface area contributed by atoms with E-state index in [9.17, 15) is 13.2 Å². The minimum Gasteiger partial charge on any atom is -0.348 e. The fourth-order valence-corrected chi connectivity index (χ4v) is 5.08. The number of hydrogen-bond donors (Lipinski definition) is 2. The van der Waals surface area contributed by atoms with E-state index < -0.39 is 10.0 Å². The van der Waals surface area contributed by atoms with E-state index in [2.05, 4.69) is 19.2 Å². The zero-order valence-electron chi connectivity index (χ0n) is 16.4. The summed E-state index contributed by atoms with van der Waals surface area (Å²) in [5.41, 5.74) is 6.76. The van der Waals surface area contributed by atoms with Crippen molar-refractivity contribution in [2.75, 3.05) is 19.6 Å². The summed E-state index contributed by atoms with van der Waals surface area (Å²) < 4.78 is 27.5. The van der Waals surface area contributed by atoms with Gasteiger partial charge in [0.05, 0.1) is 4.90 Å². The van der Waals surface area contributed by atoms with Crippen LogP contribution in [0.25, 0.3) is 0 Å². The average Bonchev–Trinajstić information content (AvgIpc) is 2.61. The fraction of sp³-hybridized carbons (Fsp3) is 0.632. The van der Waals surface area contributed by atoms with E-state index >= 15 is 0 Å². The molecule has 0 aromatic heterocycles. The van der Waals surface area contributed by atoms with Gasteiger partial charge in [-0.3, -0.25) is 4.79 Å². The molecule has 8 heteroatoms. The van der Waals surface area contributed by atoms with Crippen molar-refractivity contribution < 1.29 is 13.2 Å². The number of aryl methyl sites for hydroxylation is 1. The molecule has 6 nitrogen and oxygen atoms in total. The Kier molecular flexibility index (Phi) is 9.21. The molecular formula is C19H32ClN3O3S. The first-order chi connectivity index (χ1) is 12.3. The Balaban J connectivity index is 0.00000364. The second kappa shape index (κ2) is 10.4. The van der Waals surface area contributed by atoms with Crippen molar-refractivity contribution in [2.45, 2.75) is 57.4 Å². The van der Waals surface area contributed by atoms with Gasteiger partial charge < -0.3 is 11.1 Å². The molecule has 27 heavy (non-hydrogen) atoms. The van der Waals surface area contributed by atoms with Gasteiger partial charge in [-0.1, -0.05) is 26.3 Å². The molecule has 0 radical (unpaired) electrons. The second-order valence-corrected chi connectivity index (χ2v) is 9.39. The molecule has 1 aliphatic rings. The van der Waals surface area contributed by atoms with E-state index in [1.54, 1.807) is 19.1 Å².